The van der Waals surface area contributed by atoms with Crippen LogP contribution in [0.3, 0.4) is 0 Å². The number of benzene rings is 2. The van der Waals surface area contributed by atoms with E-state index in [2.05, 4.69) is 0 Å². The first-order chi connectivity index (χ1) is 8.61. The van der Waals surface area contributed by atoms with Crippen LogP contribution < -0.4 is 4.74 Å². The van der Waals surface area contributed by atoms with Gasteiger partial charge in [-0.2, -0.15) is 4.39 Å². The van der Waals surface area contributed by atoms with Gasteiger partial charge in [0, 0.05) is 0 Å². The average Bonchev–Trinajstić information content (AvgIpc) is 2.37. The molecule has 0 radical (unpaired) electrons. The molecule has 0 atom stereocenters. The maximum Gasteiger partial charge on any atom is 0.201 e. The number of halogens is 3. The fourth-order valence-electron chi connectivity index (χ4n) is 1.41. The quantitative estimate of drug-likeness (QED) is 0.909. The minimum Gasteiger partial charge on any atom is -0.451 e. The number of ether oxygens (including phenoxy) is 1. The van der Waals surface area contributed by atoms with Crippen molar-refractivity contribution in [3.63, 3.8) is 0 Å². The van der Waals surface area contributed by atoms with Crippen LogP contribution in [0.2, 0.25) is 0 Å². The fourth-order valence-corrected chi connectivity index (χ4v) is 1.41. The summed E-state index contributed by atoms with van der Waals surface area (Å²) in [5, 5.41) is 8.81. The molecule has 0 aliphatic rings. The zero-order chi connectivity index (χ0) is 13.1. The molecule has 0 bridgehead atoms. The van der Waals surface area contributed by atoms with Crippen molar-refractivity contribution in [2.45, 2.75) is 6.61 Å². The third-order valence-corrected chi connectivity index (χ3v) is 2.31. The third kappa shape index (κ3) is 2.46. The summed E-state index contributed by atoms with van der Waals surface area (Å²) in [5.74, 6) is -3.64. The lowest BCUT2D eigenvalue weighted by Crippen LogP contribution is -1.94. The third-order valence-electron chi connectivity index (χ3n) is 2.31. The molecule has 0 spiro atoms. The molecular weight excluding hydrogens is 245 g/mol. The second kappa shape index (κ2) is 5.10. The van der Waals surface area contributed by atoms with Crippen LogP contribution in [-0.4, -0.2) is 5.11 Å². The van der Waals surface area contributed by atoms with Crippen molar-refractivity contribution in [1.29, 1.82) is 0 Å². The molecule has 0 aromatic heterocycles. The van der Waals surface area contributed by atoms with Crippen LogP contribution in [0.25, 0.3) is 0 Å². The number of aliphatic hydroxyl groups excluding tert-OH is 1. The molecule has 18 heavy (non-hydrogen) atoms. The number of rotatable bonds is 3. The van der Waals surface area contributed by atoms with Crippen LogP contribution in [0, 0.1) is 17.5 Å². The van der Waals surface area contributed by atoms with Gasteiger partial charge in [0.1, 0.15) is 0 Å². The van der Waals surface area contributed by atoms with Gasteiger partial charge in [-0.15, -0.1) is 0 Å². The summed E-state index contributed by atoms with van der Waals surface area (Å²) in [6, 6.07) is 7.12. The Hall–Kier alpha value is -2.01. The van der Waals surface area contributed by atoms with Crippen molar-refractivity contribution < 1.29 is 23.0 Å². The average molecular weight is 254 g/mol. The summed E-state index contributed by atoms with van der Waals surface area (Å²) in [7, 11) is 0. The molecule has 0 unspecified atom stereocenters. The molecule has 2 aromatic carbocycles. The van der Waals surface area contributed by atoms with E-state index in [-0.39, 0.29) is 12.4 Å². The van der Waals surface area contributed by atoms with Crippen LogP contribution in [-0.2, 0) is 6.61 Å². The van der Waals surface area contributed by atoms with E-state index < -0.39 is 23.2 Å². The first-order valence-electron chi connectivity index (χ1n) is 5.13. The van der Waals surface area contributed by atoms with Gasteiger partial charge < -0.3 is 9.84 Å². The largest absolute Gasteiger partial charge is 0.451 e. The molecular formula is C13H9F3O2. The normalized spacial score (nSPS) is 10.4. The van der Waals surface area contributed by atoms with Gasteiger partial charge in [0.25, 0.3) is 0 Å². The summed E-state index contributed by atoms with van der Waals surface area (Å²) >= 11 is 0. The molecule has 0 saturated carbocycles. The molecule has 0 fully saturated rings. The molecule has 94 valence electrons. The zero-order valence-electron chi connectivity index (χ0n) is 9.16. The molecule has 0 amide bonds. The summed E-state index contributed by atoms with van der Waals surface area (Å²) < 4.78 is 44.7. The highest BCUT2D eigenvalue weighted by atomic mass is 19.2. The number of aliphatic hydroxyl groups is 1. The standard InChI is InChI=1S/C13H9F3O2/c14-9-2-1-3-12(13(9)16)18-11-5-4-8(7-17)6-10(11)15/h1-6,17H,7H2. The summed E-state index contributed by atoms with van der Waals surface area (Å²) in [5.41, 5.74) is 0.361. The SMILES string of the molecule is OCc1ccc(Oc2cccc(F)c2F)c(F)c1. The van der Waals surface area contributed by atoms with Gasteiger partial charge in [-0.3, -0.25) is 0 Å². The molecule has 0 aliphatic heterocycles. The zero-order valence-corrected chi connectivity index (χ0v) is 9.16. The predicted octanol–water partition coefficient (Wildman–Crippen LogP) is 3.39. The summed E-state index contributed by atoms with van der Waals surface area (Å²) in [6.07, 6.45) is 0. The minimum atomic E-state index is -1.18. The first kappa shape index (κ1) is 12.4. The van der Waals surface area contributed by atoms with Gasteiger partial charge in [0.15, 0.2) is 23.1 Å². The minimum absolute atomic E-state index is 0.239. The van der Waals surface area contributed by atoms with Gasteiger partial charge in [-0.25, -0.2) is 8.78 Å². The smallest absolute Gasteiger partial charge is 0.201 e. The lowest BCUT2D eigenvalue weighted by Gasteiger charge is -2.08. The van der Waals surface area contributed by atoms with Crippen LogP contribution >= 0.6 is 0 Å². The first-order valence-corrected chi connectivity index (χ1v) is 5.13. The van der Waals surface area contributed by atoms with Gasteiger partial charge >= 0.3 is 0 Å². The highest BCUT2D eigenvalue weighted by molar-refractivity contribution is 5.35. The predicted molar refractivity (Wildman–Crippen MR) is 58.8 cm³/mol. The molecule has 1 N–H and O–H groups in total. The lowest BCUT2D eigenvalue weighted by molar-refractivity contribution is 0.281. The fraction of sp³-hybridized carbons (Fsp3) is 0.0769. The maximum absolute atomic E-state index is 13.5. The van der Waals surface area contributed by atoms with Crippen molar-refractivity contribution in [1.82, 2.24) is 0 Å². The van der Waals surface area contributed by atoms with E-state index in [4.69, 9.17) is 9.84 Å². The van der Waals surface area contributed by atoms with Gasteiger partial charge in [-0.05, 0) is 29.8 Å². The van der Waals surface area contributed by atoms with E-state index in [1.54, 1.807) is 0 Å². The monoisotopic (exact) mass is 254 g/mol. The molecule has 2 nitrogen and oxygen atoms in total. The molecule has 5 heteroatoms. The van der Waals surface area contributed by atoms with Gasteiger partial charge in [0.2, 0.25) is 5.82 Å². The van der Waals surface area contributed by atoms with E-state index in [1.165, 1.54) is 24.3 Å². The van der Waals surface area contributed by atoms with Crippen LogP contribution in [0.15, 0.2) is 36.4 Å². The maximum atomic E-state index is 13.5. The Morgan fingerprint density at radius 1 is 0.944 bits per heavy atom. The van der Waals surface area contributed by atoms with E-state index in [0.29, 0.717) is 5.56 Å². The lowest BCUT2D eigenvalue weighted by atomic mass is 10.2. The Kier molecular flexibility index (Phi) is 3.53. The van der Waals surface area contributed by atoms with E-state index in [9.17, 15) is 13.2 Å². The molecule has 0 aliphatic carbocycles. The van der Waals surface area contributed by atoms with Gasteiger partial charge in [-0.1, -0.05) is 12.1 Å². The number of hydrogen-bond acceptors (Lipinski definition) is 2. The Labute approximate surface area is 101 Å². The van der Waals surface area contributed by atoms with Crippen LogP contribution in [0.5, 0.6) is 11.5 Å². The summed E-state index contributed by atoms with van der Waals surface area (Å²) in [4.78, 5) is 0. The van der Waals surface area contributed by atoms with E-state index in [0.717, 1.165) is 12.1 Å². The Bertz CT molecular complexity index is 570. The second-order valence-electron chi connectivity index (χ2n) is 3.58. The van der Waals surface area contributed by atoms with E-state index in [1.807, 2.05) is 0 Å². The van der Waals surface area contributed by atoms with Gasteiger partial charge in [0.05, 0.1) is 6.61 Å². The highest BCUT2D eigenvalue weighted by Gasteiger charge is 2.12. The van der Waals surface area contributed by atoms with Crippen molar-refractivity contribution in [3.8, 4) is 11.5 Å². The van der Waals surface area contributed by atoms with Crippen molar-refractivity contribution in [2.75, 3.05) is 0 Å². The van der Waals surface area contributed by atoms with Crippen molar-refractivity contribution >= 4 is 0 Å². The Morgan fingerprint density at radius 2 is 1.72 bits per heavy atom. The molecule has 0 heterocycles. The molecule has 2 aromatic rings. The topological polar surface area (TPSA) is 29.5 Å². The highest BCUT2D eigenvalue weighted by Crippen LogP contribution is 2.28. The van der Waals surface area contributed by atoms with Crippen molar-refractivity contribution in [3.05, 3.63) is 59.4 Å². The Balaban J connectivity index is 2.31. The van der Waals surface area contributed by atoms with Crippen LogP contribution in [0.1, 0.15) is 5.56 Å². The van der Waals surface area contributed by atoms with Crippen molar-refractivity contribution in [2.24, 2.45) is 0 Å². The van der Waals surface area contributed by atoms with Crippen LogP contribution in [0.4, 0.5) is 13.2 Å². The second-order valence-corrected chi connectivity index (χ2v) is 3.58. The molecule has 0 saturated heterocycles. The summed E-state index contributed by atoms with van der Waals surface area (Å²) in [6.45, 7) is -0.314. The van der Waals surface area contributed by atoms with E-state index >= 15 is 0 Å². The number of hydrogen-bond donors (Lipinski definition) is 1. The molecule has 2 rings (SSSR count). The Morgan fingerprint density at radius 3 is 2.39 bits per heavy atom.